The number of nitrogens with one attached hydrogen (secondary N) is 2. The normalized spacial score (nSPS) is 13.1. The number of carbonyl (C=O) groups is 3. The zero-order chi connectivity index (χ0) is 25.3. The number of rotatable bonds is 9. The zero-order valence-corrected chi connectivity index (χ0v) is 21.2. The molecule has 1 aromatic rings. The first-order valence-corrected chi connectivity index (χ1v) is 11.5. The van der Waals surface area contributed by atoms with Crippen molar-refractivity contribution in [3.63, 3.8) is 0 Å². The van der Waals surface area contributed by atoms with E-state index in [2.05, 4.69) is 16.6 Å². The highest BCUT2D eigenvalue weighted by atomic mass is 16.6. The smallest absolute Gasteiger partial charge is 0.408 e. The number of hydrogen-bond acceptors (Lipinski definition) is 4. The number of amides is 3. The minimum absolute atomic E-state index is 0.106. The second-order valence-corrected chi connectivity index (χ2v) is 9.78. The fraction of sp³-hybridized carbons (Fsp3) is 0.577. The van der Waals surface area contributed by atoms with E-state index in [0.717, 1.165) is 0 Å². The van der Waals surface area contributed by atoms with Crippen molar-refractivity contribution in [2.75, 3.05) is 6.54 Å². The van der Waals surface area contributed by atoms with Crippen LogP contribution in [0.1, 0.15) is 79.0 Å². The van der Waals surface area contributed by atoms with E-state index in [9.17, 15) is 14.4 Å². The Morgan fingerprint density at radius 2 is 1.64 bits per heavy atom. The van der Waals surface area contributed by atoms with Crippen LogP contribution in [0.3, 0.4) is 0 Å². The number of benzene rings is 1. The molecule has 3 amide bonds. The van der Waals surface area contributed by atoms with Crippen molar-refractivity contribution in [2.45, 2.75) is 85.5 Å². The molecule has 182 valence electrons. The molecular weight excluding hydrogens is 418 g/mol. The molecule has 0 aliphatic rings. The molecule has 1 rings (SSSR count). The van der Waals surface area contributed by atoms with Crippen molar-refractivity contribution >= 4 is 17.9 Å². The van der Waals surface area contributed by atoms with Crippen LogP contribution in [0.5, 0.6) is 0 Å². The van der Waals surface area contributed by atoms with Crippen LogP contribution in [0.25, 0.3) is 0 Å². The fourth-order valence-corrected chi connectivity index (χ4v) is 3.41. The van der Waals surface area contributed by atoms with Gasteiger partial charge in [-0.2, -0.15) is 0 Å². The SMILES string of the molecule is C#Cc1ccc(C(C(=O)NC(C)C)N(CC)C(=O)C(CC(C)C)NC(=O)OC(C)(C)C)cc1. The maximum Gasteiger partial charge on any atom is 0.408 e. The van der Waals surface area contributed by atoms with Crippen LogP contribution in [0.15, 0.2) is 24.3 Å². The van der Waals surface area contributed by atoms with Crippen LogP contribution >= 0.6 is 0 Å². The van der Waals surface area contributed by atoms with Crippen LogP contribution in [0.2, 0.25) is 0 Å². The number of alkyl carbamates (subject to hydrolysis) is 1. The summed E-state index contributed by atoms with van der Waals surface area (Å²) in [5.41, 5.74) is 0.627. The lowest BCUT2D eigenvalue weighted by Gasteiger charge is -2.34. The molecular formula is C26H39N3O4. The largest absolute Gasteiger partial charge is 0.444 e. The molecule has 0 fully saturated rings. The van der Waals surface area contributed by atoms with Gasteiger partial charge in [0.2, 0.25) is 11.8 Å². The predicted octanol–water partition coefficient (Wildman–Crippen LogP) is 4.02. The molecule has 33 heavy (non-hydrogen) atoms. The molecule has 0 radical (unpaired) electrons. The molecule has 0 saturated heterocycles. The maximum atomic E-state index is 13.7. The van der Waals surface area contributed by atoms with Crippen molar-refractivity contribution in [2.24, 2.45) is 5.92 Å². The molecule has 2 N–H and O–H groups in total. The molecule has 7 nitrogen and oxygen atoms in total. The summed E-state index contributed by atoms with van der Waals surface area (Å²) in [6.45, 7) is 15.0. The van der Waals surface area contributed by atoms with Crippen molar-refractivity contribution in [3.05, 3.63) is 35.4 Å². The molecule has 1 aromatic carbocycles. The average molecular weight is 458 g/mol. The number of carbonyl (C=O) groups excluding carboxylic acids is 3. The van der Waals surface area contributed by atoms with Gasteiger partial charge in [0.1, 0.15) is 17.7 Å². The molecule has 2 unspecified atom stereocenters. The molecule has 0 spiro atoms. The Bertz CT molecular complexity index is 848. The highest BCUT2D eigenvalue weighted by Crippen LogP contribution is 2.24. The van der Waals surface area contributed by atoms with Gasteiger partial charge in [-0.3, -0.25) is 9.59 Å². The molecule has 7 heteroatoms. The zero-order valence-electron chi connectivity index (χ0n) is 21.2. The van der Waals surface area contributed by atoms with Gasteiger partial charge in [0.15, 0.2) is 0 Å². The number of likely N-dealkylation sites (N-methyl/N-ethyl adjacent to an activating group) is 1. The first-order chi connectivity index (χ1) is 15.3. The topological polar surface area (TPSA) is 87.7 Å². The number of hydrogen-bond donors (Lipinski definition) is 2. The average Bonchev–Trinajstić information content (AvgIpc) is 2.68. The van der Waals surface area contributed by atoms with Crippen LogP contribution in [-0.4, -0.2) is 47.0 Å². The van der Waals surface area contributed by atoms with E-state index in [1.807, 2.05) is 34.6 Å². The van der Waals surface area contributed by atoms with Crippen LogP contribution in [0, 0.1) is 18.3 Å². The lowest BCUT2D eigenvalue weighted by atomic mass is 9.98. The molecule has 0 saturated carbocycles. The van der Waals surface area contributed by atoms with Crippen LogP contribution in [-0.2, 0) is 14.3 Å². The van der Waals surface area contributed by atoms with E-state index in [0.29, 0.717) is 17.5 Å². The Kier molecular flexibility index (Phi) is 10.4. The van der Waals surface area contributed by atoms with Gasteiger partial charge in [0.25, 0.3) is 0 Å². The van der Waals surface area contributed by atoms with Gasteiger partial charge in [0, 0.05) is 18.2 Å². The highest BCUT2D eigenvalue weighted by molar-refractivity contribution is 5.92. The molecule has 0 aliphatic heterocycles. The Labute approximate surface area is 198 Å². The molecule has 2 atom stereocenters. The Hall–Kier alpha value is -3.01. The standard InChI is InChI=1S/C26H39N3O4/c1-10-19-12-14-20(15-13-19)22(23(30)27-18(5)6)29(11-2)24(31)21(16-17(3)4)28-25(32)33-26(7,8)9/h1,12-15,17-18,21-22H,11,16H2,2-9H3,(H,27,30)(H,28,32). The predicted molar refractivity (Wildman–Crippen MR) is 130 cm³/mol. The van der Waals surface area contributed by atoms with E-state index in [-0.39, 0.29) is 30.3 Å². The van der Waals surface area contributed by atoms with Crippen molar-refractivity contribution in [3.8, 4) is 12.3 Å². The number of nitrogens with zero attached hydrogens (tertiary/aromatic N) is 1. The van der Waals surface area contributed by atoms with Gasteiger partial charge in [-0.05, 0) is 71.6 Å². The summed E-state index contributed by atoms with van der Waals surface area (Å²) < 4.78 is 5.37. The summed E-state index contributed by atoms with van der Waals surface area (Å²) in [6.07, 6.45) is 5.20. The van der Waals surface area contributed by atoms with E-state index < -0.39 is 23.8 Å². The van der Waals surface area contributed by atoms with Crippen LogP contribution in [0.4, 0.5) is 4.79 Å². The fourth-order valence-electron chi connectivity index (χ4n) is 3.41. The summed E-state index contributed by atoms with van der Waals surface area (Å²) in [6, 6.07) is 5.20. The lowest BCUT2D eigenvalue weighted by molar-refractivity contribution is -0.142. The molecule has 0 aromatic heterocycles. The summed E-state index contributed by atoms with van der Waals surface area (Å²) in [5.74, 6) is 2.05. The second-order valence-electron chi connectivity index (χ2n) is 9.78. The Morgan fingerprint density at radius 3 is 2.06 bits per heavy atom. The third-order valence-corrected chi connectivity index (χ3v) is 4.70. The quantitative estimate of drug-likeness (QED) is 0.548. The minimum atomic E-state index is -0.869. The van der Waals surface area contributed by atoms with E-state index in [4.69, 9.17) is 11.2 Å². The summed E-state index contributed by atoms with van der Waals surface area (Å²) in [5, 5.41) is 5.62. The van der Waals surface area contributed by atoms with Crippen LogP contribution < -0.4 is 10.6 Å². The highest BCUT2D eigenvalue weighted by Gasteiger charge is 2.35. The van der Waals surface area contributed by atoms with Gasteiger partial charge in [-0.1, -0.05) is 31.9 Å². The van der Waals surface area contributed by atoms with E-state index >= 15 is 0 Å². The van der Waals surface area contributed by atoms with Gasteiger partial charge in [0.05, 0.1) is 0 Å². The first-order valence-electron chi connectivity index (χ1n) is 11.5. The molecule has 0 aliphatic carbocycles. The number of ether oxygens (including phenoxy) is 1. The summed E-state index contributed by atoms with van der Waals surface area (Å²) >= 11 is 0. The van der Waals surface area contributed by atoms with Crippen molar-refractivity contribution < 1.29 is 19.1 Å². The van der Waals surface area contributed by atoms with Crippen molar-refractivity contribution in [1.29, 1.82) is 0 Å². The van der Waals surface area contributed by atoms with Crippen molar-refractivity contribution in [1.82, 2.24) is 15.5 Å². The molecule has 0 heterocycles. The first kappa shape index (κ1) is 28.0. The lowest BCUT2D eigenvalue weighted by Crippen LogP contribution is -2.53. The minimum Gasteiger partial charge on any atom is -0.444 e. The number of terminal acetylenes is 1. The summed E-state index contributed by atoms with van der Waals surface area (Å²) in [4.78, 5) is 40.8. The van der Waals surface area contributed by atoms with Gasteiger partial charge >= 0.3 is 6.09 Å². The van der Waals surface area contributed by atoms with E-state index in [1.54, 1.807) is 45.0 Å². The van der Waals surface area contributed by atoms with Gasteiger partial charge in [-0.15, -0.1) is 6.42 Å². The monoisotopic (exact) mass is 457 g/mol. The third-order valence-electron chi connectivity index (χ3n) is 4.70. The maximum absolute atomic E-state index is 13.7. The summed E-state index contributed by atoms with van der Waals surface area (Å²) in [7, 11) is 0. The molecule has 0 bridgehead atoms. The second kappa shape index (κ2) is 12.3. The Balaban J connectivity index is 3.35. The van der Waals surface area contributed by atoms with Gasteiger partial charge < -0.3 is 20.3 Å². The Morgan fingerprint density at radius 1 is 1.06 bits per heavy atom. The van der Waals surface area contributed by atoms with Gasteiger partial charge in [-0.25, -0.2) is 4.79 Å². The van der Waals surface area contributed by atoms with E-state index in [1.165, 1.54) is 4.90 Å². The third kappa shape index (κ3) is 9.17.